The summed E-state index contributed by atoms with van der Waals surface area (Å²) in [6, 6.07) is 0.0228. The molecule has 3 rings (SSSR count). The average Bonchev–Trinajstić information content (AvgIpc) is 3.00. The quantitative estimate of drug-likeness (QED) is 0.717. The van der Waals surface area contributed by atoms with Crippen molar-refractivity contribution in [1.82, 2.24) is 24.3 Å². The minimum atomic E-state index is 0.0228. The summed E-state index contributed by atoms with van der Waals surface area (Å²) in [4.78, 5) is 22.7. The smallest absolute Gasteiger partial charge is 0.319 e. The van der Waals surface area contributed by atoms with Crippen molar-refractivity contribution < 1.29 is 14.3 Å². The first-order valence-corrected chi connectivity index (χ1v) is 8.90. The van der Waals surface area contributed by atoms with Crippen LogP contribution in [0.5, 0.6) is 0 Å². The van der Waals surface area contributed by atoms with Gasteiger partial charge in [0, 0.05) is 58.9 Å². The Morgan fingerprint density at radius 2 is 2.16 bits per heavy atom. The highest BCUT2D eigenvalue weighted by molar-refractivity contribution is 5.74. The van der Waals surface area contributed by atoms with Crippen molar-refractivity contribution in [2.75, 3.05) is 66.7 Å². The summed E-state index contributed by atoms with van der Waals surface area (Å²) in [5.74, 6) is 0.157. The number of aryl methyl sites for hydroxylation is 1. The van der Waals surface area contributed by atoms with Gasteiger partial charge in [0.2, 0.25) is 0 Å². The molecular formula is C17H29N5O3. The number of carbonyl (C=O) groups is 1. The second kappa shape index (κ2) is 8.16. The van der Waals surface area contributed by atoms with E-state index >= 15 is 0 Å². The number of urea groups is 1. The van der Waals surface area contributed by atoms with Gasteiger partial charge >= 0.3 is 6.03 Å². The molecule has 2 aliphatic heterocycles. The predicted molar refractivity (Wildman–Crippen MR) is 93.5 cm³/mol. The van der Waals surface area contributed by atoms with Crippen LogP contribution in [-0.2, 0) is 23.1 Å². The number of hydrogen-bond donors (Lipinski definition) is 0. The van der Waals surface area contributed by atoms with Gasteiger partial charge in [-0.25, -0.2) is 9.78 Å². The van der Waals surface area contributed by atoms with Gasteiger partial charge in [0.05, 0.1) is 45.0 Å². The van der Waals surface area contributed by atoms with Crippen molar-refractivity contribution in [2.45, 2.75) is 12.5 Å². The number of hydrogen-bond acceptors (Lipinski definition) is 5. The van der Waals surface area contributed by atoms with E-state index in [-0.39, 0.29) is 11.9 Å². The maximum atomic E-state index is 12.4. The molecule has 1 unspecified atom stereocenters. The Morgan fingerprint density at radius 3 is 2.88 bits per heavy atom. The first kappa shape index (κ1) is 18.2. The molecular weight excluding hydrogens is 322 g/mol. The van der Waals surface area contributed by atoms with Gasteiger partial charge in [-0.3, -0.25) is 4.90 Å². The first-order valence-electron chi connectivity index (χ1n) is 8.90. The van der Waals surface area contributed by atoms with Gasteiger partial charge in [0.25, 0.3) is 0 Å². The normalized spacial score (nSPS) is 21.2. The summed E-state index contributed by atoms with van der Waals surface area (Å²) in [5.41, 5.74) is 2.17. The molecule has 1 fully saturated rings. The molecule has 2 aliphatic rings. The van der Waals surface area contributed by atoms with E-state index in [0.29, 0.717) is 26.3 Å². The fourth-order valence-electron chi connectivity index (χ4n) is 3.54. The molecule has 1 atom stereocenters. The standard InChI is InChI=1S/C17H29N5O3/c1-19(2)17(23)22-10-14(16-15(11-22)18-13-20(16)3)12-25-9-6-21-4-7-24-8-5-21/h13-14H,4-12H2,1-3H3. The summed E-state index contributed by atoms with van der Waals surface area (Å²) in [6.07, 6.45) is 1.83. The maximum absolute atomic E-state index is 12.4. The summed E-state index contributed by atoms with van der Waals surface area (Å²) in [7, 11) is 5.57. The SMILES string of the molecule is CN(C)C(=O)N1Cc2ncn(C)c2C(COCCN2CCOCC2)C1. The highest BCUT2D eigenvalue weighted by Crippen LogP contribution is 2.28. The summed E-state index contributed by atoms with van der Waals surface area (Å²) in [5, 5.41) is 0. The first-order chi connectivity index (χ1) is 12.1. The molecule has 25 heavy (non-hydrogen) atoms. The minimum Gasteiger partial charge on any atom is -0.379 e. The van der Waals surface area contributed by atoms with Gasteiger partial charge in [-0.05, 0) is 0 Å². The van der Waals surface area contributed by atoms with Crippen LogP contribution in [0, 0.1) is 0 Å². The lowest BCUT2D eigenvalue weighted by molar-refractivity contribution is 0.0170. The minimum absolute atomic E-state index is 0.0228. The summed E-state index contributed by atoms with van der Waals surface area (Å²) in [6.45, 7) is 7.03. The molecule has 8 heteroatoms. The molecule has 0 N–H and O–H groups in total. The fraction of sp³-hybridized carbons (Fsp3) is 0.765. The van der Waals surface area contributed by atoms with Crippen LogP contribution in [0.3, 0.4) is 0 Å². The van der Waals surface area contributed by atoms with E-state index in [9.17, 15) is 4.79 Å². The number of ether oxygens (including phenoxy) is 2. The van der Waals surface area contributed by atoms with Crippen LogP contribution in [0.1, 0.15) is 17.3 Å². The molecule has 0 aromatic carbocycles. The van der Waals surface area contributed by atoms with E-state index in [1.807, 2.05) is 18.3 Å². The molecule has 140 valence electrons. The molecule has 2 amide bonds. The molecule has 0 saturated carbocycles. The maximum Gasteiger partial charge on any atom is 0.319 e. The molecule has 3 heterocycles. The van der Waals surface area contributed by atoms with Crippen LogP contribution >= 0.6 is 0 Å². The third-order valence-electron chi connectivity index (χ3n) is 4.86. The Morgan fingerprint density at radius 1 is 1.40 bits per heavy atom. The molecule has 8 nitrogen and oxygen atoms in total. The van der Waals surface area contributed by atoms with E-state index in [1.54, 1.807) is 19.0 Å². The van der Waals surface area contributed by atoms with Crippen molar-refractivity contribution in [3.05, 3.63) is 17.7 Å². The van der Waals surface area contributed by atoms with Gasteiger partial charge in [-0.15, -0.1) is 0 Å². The van der Waals surface area contributed by atoms with Crippen LogP contribution in [0.4, 0.5) is 4.79 Å². The molecule has 0 aliphatic carbocycles. The number of carbonyl (C=O) groups excluding carboxylic acids is 1. The Bertz CT molecular complexity index is 583. The number of aromatic nitrogens is 2. The van der Waals surface area contributed by atoms with Gasteiger partial charge in [-0.2, -0.15) is 0 Å². The van der Waals surface area contributed by atoms with Crippen LogP contribution in [0.2, 0.25) is 0 Å². The second-order valence-corrected chi connectivity index (χ2v) is 6.97. The molecule has 0 spiro atoms. The Balaban J connectivity index is 1.56. The lowest BCUT2D eigenvalue weighted by atomic mass is 9.99. The molecule has 1 aromatic heterocycles. The monoisotopic (exact) mass is 351 g/mol. The van der Waals surface area contributed by atoms with E-state index in [2.05, 4.69) is 14.5 Å². The third-order valence-corrected chi connectivity index (χ3v) is 4.86. The number of nitrogens with zero attached hydrogens (tertiary/aromatic N) is 5. The highest BCUT2D eigenvalue weighted by Gasteiger charge is 2.32. The largest absolute Gasteiger partial charge is 0.379 e. The van der Waals surface area contributed by atoms with Crippen molar-refractivity contribution in [3.8, 4) is 0 Å². The zero-order valence-corrected chi connectivity index (χ0v) is 15.5. The van der Waals surface area contributed by atoms with Crippen molar-refractivity contribution in [1.29, 1.82) is 0 Å². The number of amides is 2. The molecule has 0 bridgehead atoms. The molecule has 0 radical (unpaired) electrons. The van der Waals surface area contributed by atoms with Crippen molar-refractivity contribution >= 4 is 6.03 Å². The third kappa shape index (κ3) is 4.31. The highest BCUT2D eigenvalue weighted by atomic mass is 16.5. The number of fused-ring (bicyclic) bond motifs is 1. The van der Waals surface area contributed by atoms with Crippen molar-refractivity contribution in [3.63, 3.8) is 0 Å². The number of morpholine rings is 1. The summed E-state index contributed by atoms with van der Waals surface area (Å²) < 4.78 is 13.4. The Kier molecular flexibility index (Phi) is 5.93. The Labute approximate surface area is 149 Å². The number of rotatable bonds is 5. The van der Waals surface area contributed by atoms with E-state index in [1.165, 1.54) is 5.69 Å². The lowest BCUT2D eigenvalue weighted by Crippen LogP contribution is -2.45. The zero-order chi connectivity index (χ0) is 17.8. The summed E-state index contributed by atoms with van der Waals surface area (Å²) >= 11 is 0. The van der Waals surface area contributed by atoms with Gasteiger partial charge in [0.15, 0.2) is 0 Å². The predicted octanol–water partition coefficient (Wildman–Crippen LogP) is 0.350. The van der Waals surface area contributed by atoms with Crippen LogP contribution in [0.25, 0.3) is 0 Å². The van der Waals surface area contributed by atoms with E-state index in [0.717, 1.165) is 38.5 Å². The fourth-order valence-corrected chi connectivity index (χ4v) is 3.54. The van der Waals surface area contributed by atoms with Crippen LogP contribution in [-0.4, -0.2) is 97.0 Å². The topological polar surface area (TPSA) is 63.1 Å². The average molecular weight is 351 g/mol. The second-order valence-electron chi connectivity index (χ2n) is 6.97. The van der Waals surface area contributed by atoms with Gasteiger partial charge < -0.3 is 23.8 Å². The van der Waals surface area contributed by atoms with Crippen molar-refractivity contribution in [2.24, 2.45) is 7.05 Å². The van der Waals surface area contributed by atoms with Crippen LogP contribution < -0.4 is 0 Å². The van der Waals surface area contributed by atoms with Crippen LogP contribution in [0.15, 0.2) is 6.33 Å². The zero-order valence-electron chi connectivity index (χ0n) is 15.5. The lowest BCUT2D eigenvalue weighted by Gasteiger charge is -2.34. The van der Waals surface area contributed by atoms with Gasteiger partial charge in [-0.1, -0.05) is 0 Å². The molecule has 1 saturated heterocycles. The van der Waals surface area contributed by atoms with Gasteiger partial charge in [0.1, 0.15) is 0 Å². The van der Waals surface area contributed by atoms with E-state index in [4.69, 9.17) is 9.47 Å². The molecule has 1 aromatic rings. The van der Waals surface area contributed by atoms with E-state index < -0.39 is 0 Å². The number of imidazole rings is 1. The Hall–Kier alpha value is -1.64.